The van der Waals surface area contributed by atoms with Crippen LogP contribution in [-0.2, 0) is 0 Å². The van der Waals surface area contributed by atoms with Gasteiger partial charge in [-0.2, -0.15) is 0 Å². The normalized spacial score (nSPS) is 10.0. The number of nitrogens with one attached hydrogen (secondary N) is 1. The molecule has 0 atom stereocenters. The van der Waals surface area contributed by atoms with Crippen LogP contribution in [0.15, 0.2) is 29.2 Å². The molecule has 0 aliphatic rings. The molecule has 1 nitrogen and oxygen atoms in total. The van der Waals surface area contributed by atoms with Gasteiger partial charge >= 0.3 is 0 Å². The van der Waals surface area contributed by atoms with Crippen molar-refractivity contribution >= 4 is 26.6 Å². The number of aryl methyl sites for hydroxylation is 1. The zero-order valence-electron chi connectivity index (χ0n) is 7.83. The van der Waals surface area contributed by atoms with Crippen molar-refractivity contribution in [3.05, 3.63) is 29.8 Å². The van der Waals surface area contributed by atoms with Crippen LogP contribution < -0.4 is 0 Å². The standard InChI is InChI=1S/C10H13NS2/c1-3-10(11)13-12-9-6-4-8(2)5-7-9/h4-7,11H,3H2,1-2H3. The lowest BCUT2D eigenvalue weighted by atomic mass is 10.2. The van der Waals surface area contributed by atoms with Gasteiger partial charge in [0.1, 0.15) is 0 Å². The number of rotatable bonds is 3. The third-order valence-electron chi connectivity index (χ3n) is 1.58. The highest BCUT2D eigenvalue weighted by Crippen LogP contribution is 2.32. The summed E-state index contributed by atoms with van der Waals surface area (Å²) in [6.45, 7) is 4.08. The highest BCUT2D eigenvalue weighted by molar-refractivity contribution is 8.82. The zero-order valence-corrected chi connectivity index (χ0v) is 9.47. The van der Waals surface area contributed by atoms with Gasteiger partial charge in [0.05, 0.1) is 5.04 Å². The van der Waals surface area contributed by atoms with Crippen LogP contribution >= 0.6 is 21.6 Å². The lowest BCUT2D eigenvalue weighted by molar-refractivity contribution is 1.28. The van der Waals surface area contributed by atoms with Gasteiger partial charge in [-0.05, 0) is 36.3 Å². The van der Waals surface area contributed by atoms with E-state index in [-0.39, 0.29) is 0 Å². The van der Waals surface area contributed by atoms with Gasteiger partial charge in [0, 0.05) is 4.90 Å². The predicted molar refractivity (Wildman–Crippen MR) is 62.6 cm³/mol. The summed E-state index contributed by atoms with van der Waals surface area (Å²) in [5, 5.41) is 8.20. The molecule has 70 valence electrons. The van der Waals surface area contributed by atoms with Crippen LogP contribution in [-0.4, -0.2) is 5.04 Å². The monoisotopic (exact) mass is 211 g/mol. The third kappa shape index (κ3) is 3.87. The molecule has 0 spiro atoms. The van der Waals surface area contributed by atoms with E-state index in [0.717, 1.165) is 11.5 Å². The number of benzene rings is 1. The molecular formula is C10H13NS2. The molecule has 3 heteroatoms. The van der Waals surface area contributed by atoms with E-state index in [1.54, 1.807) is 10.8 Å². The molecule has 0 radical (unpaired) electrons. The molecule has 1 N–H and O–H groups in total. The van der Waals surface area contributed by atoms with Crippen molar-refractivity contribution in [2.45, 2.75) is 25.2 Å². The van der Waals surface area contributed by atoms with Crippen molar-refractivity contribution in [3.8, 4) is 0 Å². The lowest BCUT2D eigenvalue weighted by Crippen LogP contribution is -1.81. The van der Waals surface area contributed by atoms with Gasteiger partial charge in [-0.15, -0.1) is 0 Å². The molecule has 1 aromatic carbocycles. The Hall–Kier alpha value is -0.410. The van der Waals surface area contributed by atoms with E-state index >= 15 is 0 Å². The van der Waals surface area contributed by atoms with E-state index < -0.39 is 0 Å². The first-order valence-electron chi connectivity index (χ1n) is 4.21. The van der Waals surface area contributed by atoms with Gasteiger partial charge < -0.3 is 0 Å². The summed E-state index contributed by atoms with van der Waals surface area (Å²) in [4.78, 5) is 1.22. The molecular weight excluding hydrogens is 198 g/mol. The maximum absolute atomic E-state index is 7.47. The highest BCUT2D eigenvalue weighted by atomic mass is 33.1. The molecule has 0 aromatic heterocycles. The van der Waals surface area contributed by atoms with Crippen molar-refractivity contribution in [2.24, 2.45) is 0 Å². The summed E-state index contributed by atoms with van der Waals surface area (Å²) in [7, 11) is 3.19. The molecule has 0 saturated heterocycles. The van der Waals surface area contributed by atoms with E-state index in [4.69, 9.17) is 5.41 Å². The van der Waals surface area contributed by atoms with Gasteiger partial charge in [0.15, 0.2) is 0 Å². The highest BCUT2D eigenvalue weighted by Gasteiger charge is 1.97. The maximum Gasteiger partial charge on any atom is 0.0748 e. The van der Waals surface area contributed by atoms with Crippen LogP contribution in [0.5, 0.6) is 0 Å². The SMILES string of the molecule is CCC(=N)SSc1ccc(C)cc1. The van der Waals surface area contributed by atoms with E-state index in [9.17, 15) is 0 Å². The van der Waals surface area contributed by atoms with Crippen LogP contribution in [0, 0.1) is 12.3 Å². The minimum atomic E-state index is 0.727. The van der Waals surface area contributed by atoms with Crippen molar-refractivity contribution in [1.82, 2.24) is 0 Å². The molecule has 0 unspecified atom stereocenters. The summed E-state index contributed by atoms with van der Waals surface area (Å²) < 4.78 is 0. The Morgan fingerprint density at radius 2 is 1.92 bits per heavy atom. The van der Waals surface area contributed by atoms with Gasteiger partial charge in [-0.3, -0.25) is 5.41 Å². The topological polar surface area (TPSA) is 23.9 Å². The van der Waals surface area contributed by atoms with Crippen molar-refractivity contribution < 1.29 is 0 Å². The Balaban J connectivity index is 2.46. The van der Waals surface area contributed by atoms with Gasteiger partial charge in [0.25, 0.3) is 0 Å². The fourth-order valence-corrected chi connectivity index (χ4v) is 2.59. The summed E-state index contributed by atoms with van der Waals surface area (Å²) in [5.41, 5.74) is 1.28. The molecule has 13 heavy (non-hydrogen) atoms. The van der Waals surface area contributed by atoms with Gasteiger partial charge in [-0.25, -0.2) is 0 Å². The summed E-state index contributed by atoms with van der Waals surface area (Å²) in [6, 6.07) is 8.38. The summed E-state index contributed by atoms with van der Waals surface area (Å²) >= 11 is 0. The van der Waals surface area contributed by atoms with Crippen LogP contribution in [0.1, 0.15) is 18.9 Å². The summed E-state index contributed by atoms with van der Waals surface area (Å²) in [6.07, 6.45) is 0.823. The second-order valence-corrected chi connectivity index (χ2v) is 5.05. The second-order valence-electron chi connectivity index (χ2n) is 2.76. The minimum Gasteiger partial charge on any atom is -0.298 e. The molecule has 1 aromatic rings. The van der Waals surface area contributed by atoms with E-state index in [1.807, 2.05) is 6.92 Å². The van der Waals surface area contributed by atoms with Crippen LogP contribution in [0.4, 0.5) is 0 Å². The lowest BCUT2D eigenvalue weighted by Gasteiger charge is -2.00. The molecule has 0 aliphatic carbocycles. The van der Waals surface area contributed by atoms with Gasteiger partial charge in [-0.1, -0.05) is 35.4 Å². The number of hydrogen-bond acceptors (Lipinski definition) is 3. The quantitative estimate of drug-likeness (QED) is 0.462. The van der Waals surface area contributed by atoms with E-state index in [0.29, 0.717) is 0 Å². The third-order valence-corrected chi connectivity index (χ3v) is 4.05. The average Bonchev–Trinajstić information content (AvgIpc) is 2.16. The van der Waals surface area contributed by atoms with E-state index in [2.05, 4.69) is 31.2 Å². The maximum atomic E-state index is 7.47. The Morgan fingerprint density at radius 1 is 1.31 bits per heavy atom. The smallest absolute Gasteiger partial charge is 0.0748 e. The van der Waals surface area contributed by atoms with E-state index in [1.165, 1.54) is 21.3 Å². The number of hydrogen-bond donors (Lipinski definition) is 1. The molecule has 0 saturated carbocycles. The minimum absolute atomic E-state index is 0.727. The largest absolute Gasteiger partial charge is 0.298 e. The average molecular weight is 211 g/mol. The Bertz CT molecular complexity index is 279. The van der Waals surface area contributed by atoms with Crippen LogP contribution in [0.2, 0.25) is 0 Å². The molecule has 0 aliphatic heterocycles. The van der Waals surface area contributed by atoms with Gasteiger partial charge in [0.2, 0.25) is 0 Å². The Morgan fingerprint density at radius 3 is 2.46 bits per heavy atom. The predicted octanol–water partition coefficient (Wildman–Crippen LogP) is 4.12. The molecule has 0 amide bonds. The summed E-state index contributed by atoms with van der Waals surface area (Å²) in [5.74, 6) is 0. The first kappa shape index (κ1) is 10.7. The van der Waals surface area contributed by atoms with Crippen molar-refractivity contribution in [2.75, 3.05) is 0 Å². The molecule has 0 bridgehead atoms. The fraction of sp³-hybridized carbons (Fsp3) is 0.300. The second kappa shape index (κ2) is 5.35. The van der Waals surface area contributed by atoms with Crippen LogP contribution in [0.3, 0.4) is 0 Å². The Labute approximate surface area is 87.2 Å². The van der Waals surface area contributed by atoms with Crippen molar-refractivity contribution in [3.63, 3.8) is 0 Å². The van der Waals surface area contributed by atoms with Crippen molar-refractivity contribution in [1.29, 1.82) is 5.41 Å². The molecule has 0 fully saturated rings. The molecule has 1 rings (SSSR count). The fourth-order valence-electron chi connectivity index (χ4n) is 0.751. The Kier molecular flexibility index (Phi) is 4.39. The molecule has 0 heterocycles. The first-order chi connectivity index (χ1) is 6.22. The first-order valence-corrected chi connectivity index (χ1v) is 6.36. The zero-order chi connectivity index (χ0) is 9.68. The van der Waals surface area contributed by atoms with Crippen LogP contribution in [0.25, 0.3) is 0 Å².